The van der Waals surface area contributed by atoms with E-state index in [1.165, 1.54) is 5.56 Å². The molecule has 0 saturated heterocycles. The number of hydrogen-bond donors (Lipinski definition) is 1. The Hall–Kier alpha value is -2.49. The summed E-state index contributed by atoms with van der Waals surface area (Å²) in [5.74, 6) is 1.29. The summed E-state index contributed by atoms with van der Waals surface area (Å²) in [5, 5.41) is 2.85. The fraction of sp³-hybridized carbons (Fsp3) is 0.350. The summed E-state index contributed by atoms with van der Waals surface area (Å²) < 4.78 is 11.3. The van der Waals surface area contributed by atoms with Gasteiger partial charge in [0.15, 0.2) is 6.10 Å². The zero-order valence-electron chi connectivity index (χ0n) is 14.9. The first-order chi connectivity index (χ1) is 11.3. The minimum Gasteiger partial charge on any atom is -0.491 e. The van der Waals surface area contributed by atoms with E-state index in [0.717, 1.165) is 11.3 Å². The van der Waals surface area contributed by atoms with Crippen LogP contribution in [0, 0.1) is 13.8 Å². The Kier molecular flexibility index (Phi) is 5.85. The van der Waals surface area contributed by atoms with Gasteiger partial charge in [-0.15, -0.1) is 0 Å². The summed E-state index contributed by atoms with van der Waals surface area (Å²) in [6.45, 7) is 9.75. The first kappa shape index (κ1) is 17.9. The molecule has 1 N–H and O–H groups in total. The molecule has 128 valence electrons. The topological polar surface area (TPSA) is 47.6 Å². The fourth-order valence-corrected chi connectivity index (χ4v) is 2.18. The zero-order valence-corrected chi connectivity index (χ0v) is 14.9. The minimum absolute atomic E-state index is 0.122. The largest absolute Gasteiger partial charge is 0.491 e. The molecule has 24 heavy (non-hydrogen) atoms. The van der Waals surface area contributed by atoms with Crippen molar-refractivity contribution in [2.75, 3.05) is 5.32 Å². The number of hydrogen-bond acceptors (Lipinski definition) is 3. The second-order valence-corrected chi connectivity index (χ2v) is 6.19. The van der Waals surface area contributed by atoms with E-state index in [4.69, 9.17) is 9.47 Å². The molecule has 0 aliphatic carbocycles. The van der Waals surface area contributed by atoms with Gasteiger partial charge in [0.25, 0.3) is 5.91 Å². The Morgan fingerprint density at radius 3 is 2.08 bits per heavy atom. The number of carbonyl (C=O) groups is 1. The van der Waals surface area contributed by atoms with Gasteiger partial charge in [0.05, 0.1) is 6.10 Å². The molecule has 2 rings (SSSR count). The van der Waals surface area contributed by atoms with E-state index in [-0.39, 0.29) is 12.0 Å². The van der Waals surface area contributed by atoms with Crippen molar-refractivity contribution >= 4 is 11.6 Å². The van der Waals surface area contributed by atoms with Crippen LogP contribution in [0.2, 0.25) is 0 Å². The van der Waals surface area contributed by atoms with Crippen molar-refractivity contribution < 1.29 is 14.3 Å². The average molecular weight is 327 g/mol. The van der Waals surface area contributed by atoms with Crippen molar-refractivity contribution in [2.45, 2.75) is 46.8 Å². The van der Waals surface area contributed by atoms with Crippen molar-refractivity contribution in [3.8, 4) is 11.5 Å². The van der Waals surface area contributed by atoms with Crippen molar-refractivity contribution in [3.05, 3.63) is 53.6 Å². The number of rotatable bonds is 6. The van der Waals surface area contributed by atoms with Crippen LogP contribution in [0.4, 0.5) is 5.69 Å². The second-order valence-electron chi connectivity index (χ2n) is 6.19. The smallest absolute Gasteiger partial charge is 0.265 e. The van der Waals surface area contributed by atoms with E-state index >= 15 is 0 Å². The monoisotopic (exact) mass is 327 g/mol. The minimum atomic E-state index is -0.585. The number of carbonyl (C=O) groups excluding carboxylic acids is 1. The number of benzene rings is 2. The number of anilines is 1. The molecule has 0 saturated carbocycles. The lowest BCUT2D eigenvalue weighted by Gasteiger charge is -2.16. The SMILES string of the molecule is Cc1ccc(O[C@@H](C)C(=O)Nc2ccc(OC(C)C)cc2)cc1C. The first-order valence-electron chi connectivity index (χ1n) is 8.16. The summed E-state index contributed by atoms with van der Waals surface area (Å²) >= 11 is 0. The van der Waals surface area contributed by atoms with Gasteiger partial charge in [-0.2, -0.15) is 0 Å². The van der Waals surface area contributed by atoms with Crippen LogP contribution in [-0.2, 0) is 4.79 Å². The highest BCUT2D eigenvalue weighted by molar-refractivity contribution is 5.94. The molecular weight excluding hydrogens is 302 g/mol. The lowest BCUT2D eigenvalue weighted by Crippen LogP contribution is -2.30. The van der Waals surface area contributed by atoms with Crippen molar-refractivity contribution in [1.82, 2.24) is 0 Å². The van der Waals surface area contributed by atoms with E-state index in [9.17, 15) is 4.79 Å². The average Bonchev–Trinajstić information content (AvgIpc) is 2.52. The first-order valence-corrected chi connectivity index (χ1v) is 8.16. The lowest BCUT2D eigenvalue weighted by molar-refractivity contribution is -0.122. The van der Waals surface area contributed by atoms with Gasteiger partial charge in [0.1, 0.15) is 11.5 Å². The highest BCUT2D eigenvalue weighted by Crippen LogP contribution is 2.19. The number of aryl methyl sites for hydroxylation is 2. The molecule has 0 heterocycles. The number of amides is 1. The molecule has 1 amide bonds. The van der Waals surface area contributed by atoms with Gasteiger partial charge in [-0.3, -0.25) is 4.79 Å². The molecule has 0 aliphatic rings. The zero-order chi connectivity index (χ0) is 17.7. The van der Waals surface area contributed by atoms with E-state index in [0.29, 0.717) is 11.4 Å². The third-order valence-electron chi connectivity index (χ3n) is 3.65. The van der Waals surface area contributed by atoms with Crippen LogP contribution >= 0.6 is 0 Å². The Bertz CT molecular complexity index is 693. The third-order valence-corrected chi connectivity index (χ3v) is 3.65. The van der Waals surface area contributed by atoms with Crippen molar-refractivity contribution in [3.63, 3.8) is 0 Å². The maximum absolute atomic E-state index is 12.3. The van der Waals surface area contributed by atoms with Crippen LogP contribution in [-0.4, -0.2) is 18.1 Å². The van der Waals surface area contributed by atoms with Gasteiger partial charge < -0.3 is 14.8 Å². The van der Waals surface area contributed by atoms with Gasteiger partial charge in [-0.25, -0.2) is 0 Å². The maximum Gasteiger partial charge on any atom is 0.265 e. The van der Waals surface area contributed by atoms with E-state index in [1.807, 2.05) is 70.2 Å². The molecular formula is C20H25NO3. The summed E-state index contributed by atoms with van der Waals surface area (Å²) in [4.78, 5) is 12.3. The third kappa shape index (κ3) is 5.01. The van der Waals surface area contributed by atoms with Gasteiger partial charge in [-0.1, -0.05) is 6.07 Å². The van der Waals surface area contributed by atoms with Crippen LogP contribution < -0.4 is 14.8 Å². The van der Waals surface area contributed by atoms with Gasteiger partial charge >= 0.3 is 0 Å². The molecule has 0 bridgehead atoms. The molecule has 0 aromatic heterocycles. The maximum atomic E-state index is 12.3. The molecule has 4 heteroatoms. The Labute approximate surface area is 143 Å². The standard InChI is InChI=1S/C20H25NO3/c1-13(2)23-18-10-7-17(8-11-18)21-20(22)16(5)24-19-9-6-14(3)15(4)12-19/h6-13,16H,1-5H3,(H,21,22)/t16-/m0/s1. The van der Waals surface area contributed by atoms with Gasteiger partial charge in [0.2, 0.25) is 0 Å². The van der Waals surface area contributed by atoms with Crippen LogP contribution in [0.3, 0.4) is 0 Å². The van der Waals surface area contributed by atoms with Crippen LogP contribution in [0.1, 0.15) is 31.9 Å². The molecule has 1 atom stereocenters. The number of ether oxygens (including phenoxy) is 2. The predicted octanol–water partition coefficient (Wildman–Crippen LogP) is 4.50. The Balaban J connectivity index is 1.94. The van der Waals surface area contributed by atoms with E-state index in [1.54, 1.807) is 6.92 Å². The normalized spacial score (nSPS) is 11.9. The highest BCUT2D eigenvalue weighted by atomic mass is 16.5. The number of nitrogens with one attached hydrogen (secondary N) is 1. The van der Waals surface area contributed by atoms with Crippen LogP contribution in [0.25, 0.3) is 0 Å². The van der Waals surface area contributed by atoms with Crippen molar-refractivity contribution in [2.24, 2.45) is 0 Å². The fourth-order valence-electron chi connectivity index (χ4n) is 2.18. The predicted molar refractivity (Wildman–Crippen MR) is 96.8 cm³/mol. The Morgan fingerprint density at radius 1 is 0.875 bits per heavy atom. The van der Waals surface area contributed by atoms with Crippen LogP contribution in [0.15, 0.2) is 42.5 Å². The summed E-state index contributed by atoms with van der Waals surface area (Å²) in [6, 6.07) is 13.1. The summed E-state index contributed by atoms with van der Waals surface area (Å²) in [5.41, 5.74) is 3.05. The Morgan fingerprint density at radius 2 is 1.50 bits per heavy atom. The van der Waals surface area contributed by atoms with Crippen molar-refractivity contribution in [1.29, 1.82) is 0 Å². The second kappa shape index (κ2) is 7.86. The van der Waals surface area contributed by atoms with Gasteiger partial charge in [-0.05, 0) is 82.1 Å². The van der Waals surface area contributed by atoms with E-state index < -0.39 is 6.10 Å². The molecule has 0 spiro atoms. The quantitative estimate of drug-likeness (QED) is 0.850. The molecule has 4 nitrogen and oxygen atoms in total. The molecule has 2 aromatic carbocycles. The van der Waals surface area contributed by atoms with E-state index in [2.05, 4.69) is 5.32 Å². The van der Waals surface area contributed by atoms with Gasteiger partial charge in [0, 0.05) is 5.69 Å². The molecule has 2 aromatic rings. The van der Waals surface area contributed by atoms with Crippen LogP contribution in [0.5, 0.6) is 11.5 Å². The molecule has 0 unspecified atom stereocenters. The molecule has 0 radical (unpaired) electrons. The molecule has 0 fully saturated rings. The molecule has 0 aliphatic heterocycles. The lowest BCUT2D eigenvalue weighted by atomic mass is 10.1. The summed E-state index contributed by atoms with van der Waals surface area (Å²) in [6.07, 6.45) is -0.462. The highest BCUT2D eigenvalue weighted by Gasteiger charge is 2.15. The summed E-state index contributed by atoms with van der Waals surface area (Å²) in [7, 11) is 0.